The monoisotopic (exact) mass is 386 g/mol. The summed E-state index contributed by atoms with van der Waals surface area (Å²) in [6.45, 7) is 0. The molecule has 1 unspecified atom stereocenters. The average Bonchev–Trinajstić information content (AvgIpc) is 2.54. The summed E-state index contributed by atoms with van der Waals surface area (Å²) in [5.41, 5.74) is 0.476. The van der Waals surface area contributed by atoms with Gasteiger partial charge in [0.25, 0.3) is 0 Å². The van der Waals surface area contributed by atoms with Crippen molar-refractivity contribution in [2.75, 3.05) is 12.4 Å². The number of urea groups is 1. The van der Waals surface area contributed by atoms with Crippen LogP contribution >= 0.6 is 19.2 Å². The molecule has 0 aliphatic heterocycles. The van der Waals surface area contributed by atoms with E-state index >= 15 is 0 Å². The van der Waals surface area contributed by atoms with Crippen molar-refractivity contribution in [1.29, 1.82) is 0 Å². The number of rotatable bonds is 5. The number of aromatic hydroxyl groups is 1. The van der Waals surface area contributed by atoms with Crippen LogP contribution in [0, 0.1) is 0 Å². The molecule has 5 N–H and O–H groups in total. The van der Waals surface area contributed by atoms with Gasteiger partial charge in [-0.15, -0.1) is 0 Å². The van der Waals surface area contributed by atoms with Gasteiger partial charge >= 0.3 is 13.6 Å². The zero-order valence-electron chi connectivity index (χ0n) is 13.0. The van der Waals surface area contributed by atoms with Crippen LogP contribution in [0.25, 0.3) is 0 Å². The van der Waals surface area contributed by atoms with E-state index in [1.807, 2.05) is 0 Å². The van der Waals surface area contributed by atoms with Gasteiger partial charge in [-0.05, 0) is 42.0 Å². The van der Waals surface area contributed by atoms with Gasteiger partial charge < -0.3 is 30.3 Å². The second kappa shape index (κ2) is 7.76. The third-order valence-electron chi connectivity index (χ3n) is 3.23. The number of benzene rings is 2. The Labute approximate surface area is 148 Å². The van der Waals surface area contributed by atoms with E-state index in [9.17, 15) is 24.3 Å². The van der Waals surface area contributed by atoms with Crippen molar-refractivity contribution in [3.8, 4) is 11.5 Å². The van der Waals surface area contributed by atoms with E-state index in [2.05, 4.69) is 10.6 Å². The summed E-state index contributed by atoms with van der Waals surface area (Å²) < 4.78 is 16.7. The van der Waals surface area contributed by atoms with Gasteiger partial charge in [0.1, 0.15) is 0 Å². The lowest BCUT2D eigenvalue weighted by Gasteiger charge is -2.21. The molecule has 134 valence electrons. The lowest BCUT2D eigenvalue weighted by Crippen LogP contribution is -2.32. The van der Waals surface area contributed by atoms with Crippen molar-refractivity contribution in [3.63, 3.8) is 0 Å². The van der Waals surface area contributed by atoms with E-state index in [4.69, 9.17) is 16.3 Å². The van der Waals surface area contributed by atoms with Gasteiger partial charge in [-0.1, -0.05) is 17.7 Å². The molecule has 0 aromatic heterocycles. The minimum atomic E-state index is -4.74. The number of carbonyl (C=O) groups excluding carboxylic acids is 1. The number of hydrogen-bond donors (Lipinski definition) is 5. The molecule has 2 amide bonds. The summed E-state index contributed by atoms with van der Waals surface area (Å²) in [6.07, 6.45) is 0. The Morgan fingerprint density at radius 2 is 1.84 bits per heavy atom. The van der Waals surface area contributed by atoms with E-state index in [0.717, 1.165) is 0 Å². The topological polar surface area (TPSA) is 128 Å². The Kier molecular flexibility index (Phi) is 5.92. The molecule has 0 fully saturated rings. The van der Waals surface area contributed by atoms with Crippen LogP contribution in [-0.4, -0.2) is 28.0 Å². The molecule has 0 saturated heterocycles. The largest absolute Gasteiger partial charge is 0.504 e. The molecule has 0 saturated carbocycles. The van der Waals surface area contributed by atoms with Crippen LogP contribution in [0.2, 0.25) is 5.02 Å². The molecular weight excluding hydrogens is 371 g/mol. The summed E-state index contributed by atoms with van der Waals surface area (Å²) in [4.78, 5) is 31.2. The van der Waals surface area contributed by atoms with Gasteiger partial charge in [-0.3, -0.25) is 4.57 Å². The quantitative estimate of drug-likeness (QED) is 0.502. The zero-order valence-corrected chi connectivity index (χ0v) is 14.7. The minimum Gasteiger partial charge on any atom is -0.504 e. The van der Waals surface area contributed by atoms with E-state index in [0.29, 0.717) is 10.7 Å². The zero-order chi connectivity index (χ0) is 18.6. The number of anilines is 1. The van der Waals surface area contributed by atoms with Gasteiger partial charge in [-0.25, -0.2) is 4.79 Å². The van der Waals surface area contributed by atoms with Crippen molar-refractivity contribution in [2.45, 2.75) is 5.78 Å². The molecule has 0 aliphatic carbocycles. The van der Waals surface area contributed by atoms with Crippen molar-refractivity contribution in [1.82, 2.24) is 5.32 Å². The molecule has 2 aromatic carbocycles. The molecule has 0 bridgehead atoms. The van der Waals surface area contributed by atoms with E-state index in [1.54, 1.807) is 12.1 Å². The average molecular weight is 387 g/mol. The highest BCUT2D eigenvalue weighted by molar-refractivity contribution is 7.52. The Hall–Kier alpha value is -2.25. The van der Waals surface area contributed by atoms with Crippen molar-refractivity contribution in [3.05, 3.63) is 53.1 Å². The van der Waals surface area contributed by atoms with Gasteiger partial charge in [0, 0.05) is 10.7 Å². The van der Waals surface area contributed by atoms with Crippen LogP contribution in [0.15, 0.2) is 42.5 Å². The number of phenols is 1. The Balaban J connectivity index is 2.22. The maximum atomic E-state index is 12.1. The number of halogens is 1. The van der Waals surface area contributed by atoms with Crippen LogP contribution in [0.5, 0.6) is 11.5 Å². The van der Waals surface area contributed by atoms with E-state index in [1.165, 1.54) is 37.4 Å². The molecule has 0 radical (unpaired) electrons. The number of phenolic OH excluding ortho intramolecular Hbond substituents is 1. The first-order valence-corrected chi connectivity index (χ1v) is 9.02. The first-order valence-electron chi connectivity index (χ1n) is 6.96. The van der Waals surface area contributed by atoms with Gasteiger partial charge in [0.15, 0.2) is 17.3 Å². The van der Waals surface area contributed by atoms with Crippen molar-refractivity contribution >= 4 is 30.9 Å². The van der Waals surface area contributed by atoms with Crippen LogP contribution in [0.3, 0.4) is 0 Å². The molecule has 2 rings (SSSR count). The second-order valence-corrected chi connectivity index (χ2v) is 7.16. The molecule has 0 spiro atoms. The van der Waals surface area contributed by atoms with E-state index < -0.39 is 19.4 Å². The normalized spacial score (nSPS) is 12.3. The maximum Gasteiger partial charge on any atom is 0.352 e. The molecule has 2 aromatic rings. The standard InChI is InChI=1S/C15H16ClN2O6P/c1-24-13-8-9(2-7-12(13)19)14(25(21,22)23)18-15(20)17-11-5-3-10(16)4-6-11/h2-8,14,19H,1H3,(H2,17,18,20)(H2,21,22,23). The summed E-state index contributed by atoms with van der Waals surface area (Å²) >= 11 is 5.75. The highest BCUT2D eigenvalue weighted by atomic mass is 35.5. The number of nitrogens with one attached hydrogen (secondary N) is 2. The molecule has 8 nitrogen and oxygen atoms in total. The lowest BCUT2D eigenvalue weighted by molar-refractivity contribution is 0.248. The first kappa shape index (κ1) is 19.1. The van der Waals surface area contributed by atoms with Gasteiger partial charge in [0.05, 0.1) is 7.11 Å². The van der Waals surface area contributed by atoms with Crippen LogP contribution in [0.4, 0.5) is 10.5 Å². The lowest BCUT2D eigenvalue weighted by atomic mass is 10.2. The Bertz CT molecular complexity index is 808. The third-order valence-corrected chi connectivity index (χ3v) is 4.58. The highest BCUT2D eigenvalue weighted by Gasteiger charge is 2.32. The molecule has 10 heteroatoms. The maximum absolute atomic E-state index is 12.1. The molecular formula is C15H16ClN2O6P. The number of carbonyl (C=O) groups is 1. The number of hydrogen-bond acceptors (Lipinski definition) is 4. The highest BCUT2D eigenvalue weighted by Crippen LogP contribution is 2.50. The smallest absolute Gasteiger partial charge is 0.352 e. The van der Waals surface area contributed by atoms with E-state index in [-0.39, 0.29) is 17.1 Å². The fraction of sp³-hybridized carbons (Fsp3) is 0.133. The number of methoxy groups -OCH3 is 1. The van der Waals surface area contributed by atoms with Crippen LogP contribution in [-0.2, 0) is 4.57 Å². The molecule has 1 atom stereocenters. The minimum absolute atomic E-state index is 0.0239. The van der Waals surface area contributed by atoms with Crippen molar-refractivity contribution in [2.24, 2.45) is 0 Å². The molecule has 25 heavy (non-hydrogen) atoms. The fourth-order valence-electron chi connectivity index (χ4n) is 2.05. The van der Waals surface area contributed by atoms with Crippen LogP contribution < -0.4 is 15.4 Å². The third kappa shape index (κ3) is 5.11. The predicted octanol–water partition coefficient (Wildman–Crippen LogP) is 3.05. The number of ether oxygens (including phenoxy) is 1. The van der Waals surface area contributed by atoms with Gasteiger partial charge in [0.2, 0.25) is 0 Å². The summed E-state index contributed by atoms with van der Waals surface area (Å²) in [6, 6.07) is 9.12. The number of amides is 2. The summed E-state index contributed by atoms with van der Waals surface area (Å²) in [7, 11) is -3.44. The molecule has 0 heterocycles. The Morgan fingerprint density at radius 1 is 1.20 bits per heavy atom. The Morgan fingerprint density at radius 3 is 2.40 bits per heavy atom. The fourth-order valence-corrected chi connectivity index (χ4v) is 3.01. The van der Waals surface area contributed by atoms with Gasteiger partial charge in [-0.2, -0.15) is 0 Å². The SMILES string of the molecule is COc1cc(C(NC(=O)Nc2ccc(Cl)cc2)P(=O)(O)O)ccc1O. The summed E-state index contributed by atoms with van der Waals surface area (Å²) in [5.74, 6) is -1.79. The molecule has 0 aliphatic rings. The second-order valence-electron chi connectivity index (χ2n) is 5.03. The summed E-state index contributed by atoms with van der Waals surface area (Å²) in [5, 5.41) is 14.7. The van der Waals surface area contributed by atoms with Crippen LogP contribution in [0.1, 0.15) is 11.3 Å². The first-order chi connectivity index (χ1) is 11.7. The predicted molar refractivity (Wildman–Crippen MR) is 93.1 cm³/mol. The van der Waals surface area contributed by atoms with Crippen molar-refractivity contribution < 1.29 is 29.0 Å².